The minimum atomic E-state index is -0.787. The molecular formula is C28H42O7. The molecule has 0 amide bonds. The average molecular weight is 491 g/mol. The molecule has 7 heteroatoms. The number of fused-ring (bicyclic) bond motifs is 5. The van der Waals surface area contributed by atoms with Crippen molar-refractivity contribution in [3.8, 4) is 0 Å². The van der Waals surface area contributed by atoms with E-state index < -0.39 is 5.97 Å². The molecular weight excluding hydrogens is 448 g/mol. The molecule has 0 bridgehead atoms. The van der Waals surface area contributed by atoms with Crippen LogP contribution < -0.4 is 0 Å². The van der Waals surface area contributed by atoms with E-state index in [0.29, 0.717) is 32.1 Å². The molecule has 4 aliphatic carbocycles. The number of carbonyl (C=O) groups is 4. The summed E-state index contributed by atoms with van der Waals surface area (Å²) in [6.45, 7) is 9.60. The third-order valence-corrected chi connectivity index (χ3v) is 10.7. The minimum Gasteiger partial charge on any atom is -0.481 e. The van der Waals surface area contributed by atoms with Crippen LogP contribution in [0.2, 0.25) is 0 Å². The Bertz CT molecular complexity index is 883. The van der Waals surface area contributed by atoms with Gasteiger partial charge in [0.15, 0.2) is 0 Å². The Morgan fingerprint density at radius 1 is 1.06 bits per heavy atom. The summed E-state index contributed by atoms with van der Waals surface area (Å²) in [6.07, 6.45) is 5.50. The first kappa shape index (κ1) is 26.2. The van der Waals surface area contributed by atoms with Crippen molar-refractivity contribution >= 4 is 23.7 Å². The van der Waals surface area contributed by atoms with Crippen LogP contribution in [0.15, 0.2) is 0 Å². The molecule has 0 aromatic heterocycles. The molecule has 196 valence electrons. The van der Waals surface area contributed by atoms with E-state index in [4.69, 9.17) is 9.47 Å². The van der Waals surface area contributed by atoms with Gasteiger partial charge in [-0.2, -0.15) is 0 Å². The number of Topliss-reactive ketones (excluding diaryl/α,β-unsaturated/α-hetero) is 1. The van der Waals surface area contributed by atoms with Gasteiger partial charge in [-0.25, -0.2) is 0 Å². The maximum Gasteiger partial charge on any atom is 0.303 e. The van der Waals surface area contributed by atoms with Gasteiger partial charge in [-0.15, -0.1) is 0 Å². The maximum atomic E-state index is 12.4. The molecule has 7 nitrogen and oxygen atoms in total. The van der Waals surface area contributed by atoms with Crippen molar-refractivity contribution in [3.05, 3.63) is 0 Å². The van der Waals surface area contributed by atoms with Gasteiger partial charge in [-0.1, -0.05) is 20.8 Å². The highest BCUT2D eigenvalue weighted by Gasteiger charge is 2.67. The highest BCUT2D eigenvalue weighted by molar-refractivity contribution is 5.79. The van der Waals surface area contributed by atoms with Crippen LogP contribution in [0.25, 0.3) is 0 Å². The van der Waals surface area contributed by atoms with Crippen LogP contribution in [-0.2, 0) is 28.7 Å². The number of ketones is 1. The lowest BCUT2D eigenvalue weighted by molar-refractivity contribution is -0.219. The third kappa shape index (κ3) is 4.53. The number of rotatable bonds is 6. The molecule has 4 rings (SSSR count). The van der Waals surface area contributed by atoms with E-state index in [2.05, 4.69) is 20.8 Å². The third-order valence-electron chi connectivity index (χ3n) is 10.7. The number of carbonyl (C=O) groups excluding carboxylic acids is 3. The van der Waals surface area contributed by atoms with E-state index in [-0.39, 0.29) is 82.7 Å². The molecule has 0 heterocycles. The lowest BCUT2D eigenvalue weighted by Crippen LogP contribution is -2.63. The largest absolute Gasteiger partial charge is 0.481 e. The fourth-order valence-corrected chi connectivity index (χ4v) is 9.16. The van der Waals surface area contributed by atoms with Gasteiger partial charge >= 0.3 is 17.9 Å². The van der Waals surface area contributed by atoms with Gasteiger partial charge in [0.25, 0.3) is 0 Å². The summed E-state index contributed by atoms with van der Waals surface area (Å²) in [5.74, 6) is 0.0817. The van der Waals surface area contributed by atoms with Crippen molar-refractivity contribution in [3.63, 3.8) is 0 Å². The second kappa shape index (κ2) is 9.51. The van der Waals surface area contributed by atoms with Crippen LogP contribution in [0.1, 0.15) is 92.4 Å². The Labute approximate surface area is 208 Å². The van der Waals surface area contributed by atoms with Crippen LogP contribution in [0.4, 0.5) is 0 Å². The quantitative estimate of drug-likeness (QED) is 0.533. The molecule has 0 spiro atoms. The first-order chi connectivity index (χ1) is 16.4. The van der Waals surface area contributed by atoms with Crippen molar-refractivity contribution in [1.29, 1.82) is 0 Å². The summed E-state index contributed by atoms with van der Waals surface area (Å²) in [7, 11) is 0. The fraction of sp³-hybridized carbons (Fsp3) is 0.857. The van der Waals surface area contributed by atoms with E-state index in [1.54, 1.807) is 0 Å². The van der Waals surface area contributed by atoms with Gasteiger partial charge in [-0.05, 0) is 73.5 Å². The normalized spacial score (nSPS) is 43.3. The summed E-state index contributed by atoms with van der Waals surface area (Å²) in [6, 6.07) is 0. The van der Waals surface area contributed by atoms with Gasteiger partial charge in [0.2, 0.25) is 0 Å². The van der Waals surface area contributed by atoms with E-state index >= 15 is 0 Å². The monoisotopic (exact) mass is 490 g/mol. The Balaban J connectivity index is 1.74. The van der Waals surface area contributed by atoms with Crippen molar-refractivity contribution in [2.24, 2.45) is 46.3 Å². The number of ether oxygens (including phenoxy) is 2. The molecule has 35 heavy (non-hydrogen) atoms. The average Bonchev–Trinajstić information content (AvgIpc) is 3.11. The van der Waals surface area contributed by atoms with Crippen molar-refractivity contribution < 1.29 is 33.8 Å². The summed E-state index contributed by atoms with van der Waals surface area (Å²) < 4.78 is 12.1. The van der Waals surface area contributed by atoms with Gasteiger partial charge in [0.05, 0.1) is 0 Å². The predicted octanol–water partition coefficient (Wildman–Crippen LogP) is 4.80. The van der Waals surface area contributed by atoms with E-state index in [0.717, 1.165) is 19.3 Å². The standard InChI is InChI=1S/C28H42O7/c1-15(6-9-25(32)33)20-7-8-21-26-22(14-24(28(20,21)5)35-17(3)30)27(4)11-10-19(31)12-18(27)13-23(26)34-16(2)29/h15,18,20-24,26H,6-14H2,1-5H3,(H,32,33)/t15-,18+,20-,21+,22+,23-,24+,26+,27+,28-/m1/s1. The summed E-state index contributed by atoms with van der Waals surface area (Å²) in [4.78, 5) is 48.2. The van der Waals surface area contributed by atoms with Crippen LogP contribution in [-0.4, -0.2) is 41.0 Å². The Morgan fingerprint density at radius 3 is 2.37 bits per heavy atom. The lowest BCUT2D eigenvalue weighted by Gasteiger charge is -2.63. The zero-order chi connectivity index (χ0) is 25.7. The number of carboxylic acid groups (broad SMARTS) is 1. The van der Waals surface area contributed by atoms with E-state index in [9.17, 15) is 24.3 Å². The second-order valence-electron chi connectivity index (χ2n) is 12.4. The summed E-state index contributed by atoms with van der Waals surface area (Å²) >= 11 is 0. The van der Waals surface area contributed by atoms with Crippen molar-refractivity contribution in [2.75, 3.05) is 0 Å². The van der Waals surface area contributed by atoms with Crippen molar-refractivity contribution in [1.82, 2.24) is 0 Å². The number of carboxylic acids is 1. The molecule has 4 saturated carbocycles. The topological polar surface area (TPSA) is 107 Å². The number of hydrogen-bond acceptors (Lipinski definition) is 6. The summed E-state index contributed by atoms with van der Waals surface area (Å²) in [5.41, 5.74) is -0.362. The highest BCUT2D eigenvalue weighted by Crippen LogP contribution is 2.69. The zero-order valence-electron chi connectivity index (χ0n) is 21.9. The number of hydrogen-bond donors (Lipinski definition) is 1. The SMILES string of the molecule is CC(=O)O[C@H]1C[C@H]2[C@@H]([C@H](OC(C)=O)C[C@@H]3CC(=O)CC[C@@]32C)[C@@H]2CC[C@H]([C@H](C)CCC(=O)O)[C@@]12C. The van der Waals surface area contributed by atoms with Gasteiger partial charge in [0.1, 0.15) is 18.0 Å². The Kier molecular flexibility index (Phi) is 7.11. The molecule has 0 aromatic carbocycles. The zero-order valence-corrected chi connectivity index (χ0v) is 21.9. The molecule has 10 atom stereocenters. The maximum absolute atomic E-state index is 12.4. The molecule has 4 aliphatic rings. The molecule has 0 saturated heterocycles. The highest BCUT2D eigenvalue weighted by atomic mass is 16.5. The van der Waals surface area contributed by atoms with Crippen LogP contribution in [0, 0.1) is 46.3 Å². The van der Waals surface area contributed by atoms with Gasteiger partial charge < -0.3 is 14.6 Å². The first-order valence-electron chi connectivity index (χ1n) is 13.5. The molecule has 1 N–H and O–H groups in total. The van der Waals surface area contributed by atoms with E-state index in [1.165, 1.54) is 13.8 Å². The molecule has 0 unspecified atom stereocenters. The van der Waals surface area contributed by atoms with Crippen LogP contribution in [0.3, 0.4) is 0 Å². The number of aliphatic carboxylic acids is 1. The van der Waals surface area contributed by atoms with E-state index in [1.807, 2.05) is 0 Å². The Hall–Kier alpha value is -1.92. The molecule has 0 aromatic rings. The summed E-state index contributed by atoms with van der Waals surface area (Å²) in [5, 5.41) is 9.26. The van der Waals surface area contributed by atoms with Gasteiger partial charge in [0, 0.05) is 44.4 Å². The first-order valence-corrected chi connectivity index (χ1v) is 13.5. The smallest absolute Gasteiger partial charge is 0.303 e. The lowest BCUT2D eigenvalue weighted by atomic mass is 9.43. The second-order valence-corrected chi connectivity index (χ2v) is 12.4. The molecule has 4 fully saturated rings. The van der Waals surface area contributed by atoms with Crippen LogP contribution in [0.5, 0.6) is 0 Å². The minimum absolute atomic E-state index is 0.0536. The predicted molar refractivity (Wildman–Crippen MR) is 128 cm³/mol. The van der Waals surface area contributed by atoms with Gasteiger partial charge in [-0.3, -0.25) is 19.2 Å². The molecule has 0 radical (unpaired) electrons. The number of esters is 2. The van der Waals surface area contributed by atoms with Crippen LogP contribution >= 0.6 is 0 Å². The molecule has 0 aliphatic heterocycles. The fourth-order valence-electron chi connectivity index (χ4n) is 9.16. The Morgan fingerprint density at radius 2 is 1.74 bits per heavy atom. The van der Waals surface area contributed by atoms with Crippen molar-refractivity contribution in [2.45, 2.75) is 105 Å².